The van der Waals surface area contributed by atoms with Gasteiger partial charge in [0.15, 0.2) is 0 Å². The maximum absolute atomic E-state index is 14.0. The van der Waals surface area contributed by atoms with Crippen molar-refractivity contribution in [1.29, 1.82) is 0 Å². The first-order valence-electron chi connectivity index (χ1n) is 14.7. The number of rotatable bonds is 15. The van der Waals surface area contributed by atoms with E-state index in [1.165, 1.54) is 10.6 Å². The van der Waals surface area contributed by atoms with Crippen molar-refractivity contribution >= 4 is 27.5 Å². The van der Waals surface area contributed by atoms with Gasteiger partial charge in [0.1, 0.15) is 6.04 Å². The minimum Gasteiger partial charge on any atom is -0.354 e. The van der Waals surface area contributed by atoms with E-state index in [1.807, 2.05) is 87.5 Å². The van der Waals surface area contributed by atoms with Crippen LogP contribution in [0.2, 0.25) is 0 Å². The molecule has 1 atom stereocenters. The number of hydrogen-bond donors (Lipinski definition) is 1. The number of anilines is 1. The Morgan fingerprint density at radius 1 is 0.857 bits per heavy atom. The van der Waals surface area contributed by atoms with Crippen LogP contribution >= 0.6 is 0 Å². The van der Waals surface area contributed by atoms with Crippen molar-refractivity contribution in [1.82, 2.24) is 10.2 Å². The van der Waals surface area contributed by atoms with Crippen molar-refractivity contribution in [2.45, 2.75) is 72.4 Å². The Morgan fingerprint density at radius 3 is 2.19 bits per heavy atom. The van der Waals surface area contributed by atoms with E-state index in [0.29, 0.717) is 25.1 Å². The minimum atomic E-state index is -3.56. The van der Waals surface area contributed by atoms with E-state index in [0.717, 1.165) is 40.7 Å². The molecule has 0 bridgehead atoms. The summed E-state index contributed by atoms with van der Waals surface area (Å²) in [5.74, 6) is -0.361. The molecule has 3 rings (SSSR count). The Morgan fingerprint density at radius 2 is 1.55 bits per heavy atom. The average molecular weight is 592 g/mol. The normalized spacial score (nSPS) is 12.0. The van der Waals surface area contributed by atoms with E-state index in [4.69, 9.17) is 0 Å². The number of carbonyl (C=O) groups excluding carboxylic acids is 2. The number of carbonyl (C=O) groups is 2. The number of hydrogen-bond acceptors (Lipinski definition) is 4. The first kappa shape index (κ1) is 32.9. The van der Waals surface area contributed by atoms with Gasteiger partial charge in [0, 0.05) is 32.5 Å². The summed E-state index contributed by atoms with van der Waals surface area (Å²) in [6.45, 7) is 9.00. The third-order valence-electron chi connectivity index (χ3n) is 7.63. The number of nitrogens with one attached hydrogen (secondary N) is 1. The standard InChI is InChI=1S/C34H45N3O4S/c1-6-7-21-35-34(39)32(24-29-15-9-8-10-16-29)36(25-30-17-12-11-14-27(30)3)33(38)18-13-22-37(42(5,40)41)31-20-19-26(2)28(4)23-31/h8-12,14-17,19-20,23,32H,6-7,13,18,21-22,24-25H2,1-5H3,(H,35,39). The van der Waals surface area contributed by atoms with Gasteiger partial charge in [-0.1, -0.05) is 74.0 Å². The summed E-state index contributed by atoms with van der Waals surface area (Å²) < 4.78 is 26.8. The summed E-state index contributed by atoms with van der Waals surface area (Å²) in [6, 6.07) is 22.5. The number of benzene rings is 3. The van der Waals surface area contributed by atoms with Crippen molar-refractivity contribution in [3.05, 3.63) is 101 Å². The summed E-state index contributed by atoms with van der Waals surface area (Å²) in [5.41, 5.74) is 5.64. The Balaban J connectivity index is 1.88. The molecule has 1 N–H and O–H groups in total. The highest BCUT2D eigenvalue weighted by Crippen LogP contribution is 2.23. The monoisotopic (exact) mass is 591 g/mol. The van der Waals surface area contributed by atoms with Crippen LogP contribution < -0.4 is 9.62 Å². The molecular formula is C34H45N3O4S. The Hall–Kier alpha value is -3.65. The molecule has 7 nitrogen and oxygen atoms in total. The number of sulfonamides is 1. The zero-order valence-corrected chi connectivity index (χ0v) is 26.4. The largest absolute Gasteiger partial charge is 0.354 e. The van der Waals surface area contributed by atoms with Crippen LogP contribution in [0.3, 0.4) is 0 Å². The molecule has 0 aliphatic heterocycles. The van der Waals surface area contributed by atoms with E-state index in [2.05, 4.69) is 12.2 Å². The van der Waals surface area contributed by atoms with Gasteiger partial charge in [-0.3, -0.25) is 13.9 Å². The van der Waals surface area contributed by atoms with Gasteiger partial charge < -0.3 is 10.2 Å². The van der Waals surface area contributed by atoms with Crippen molar-refractivity contribution in [3.63, 3.8) is 0 Å². The Labute approximate surface area is 252 Å². The smallest absolute Gasteiger partial charge is 0.243 e. The third kappa shape index (κ3) is 9.44. The highest BCUT2D eigenvalue weighted by atomic mass is 32.2. The lowest BCUT2D eigenvalue weighted by Crippen LogP contribution is -2.50. The highest BCUT2D eigenvalue weighted by Gasteiger charge is 2.30. The predicted octanol–water partition coefficient (Wildman–Crippen LogP) is 5.71. The SMILES string of the molecule is CCCCNC(=O)C(Cc1ccccc1)N(Cc1ccccc1C)C(=O)CCCN(c1ccc(C)c(C)c1)S(C)(=O)=O. The zero-order chi connectivity index (χ0) is 30.7. The van der Waals surface area contributed by atoms with Crippen LogP contribution in [0.15, 0.2) is 72.8 Å². The molecule has 3 aromatic carbocycles. The van der Waals surface area contributed by atoms with Gasteiger partial charge in [-0.25, -0.2) is 8.42 Å². The summed E-state index contributed by atoms with van der Waals surface area (Å²) in [6.07, 6.45) is 3.80. The molecule has 0 saturated heterocycles. The van der Waals surface area contributed by atoms with E-state index in [9.17, 15) is 18.0 Å². The fourth-order valence-corrected chi connectivity index (χ4v) is 5.87. The first-order valence-corrected chi connectivity index (χ1v) is 16.6. The molecule has 3 aromatic rings. The lowest BCUT2D eigenvalue weighted by atomic mass is 10.0. The van der Waals surface area contributed by atoms with Crippen molar-refractivity contribution in [2.24, 2.45) is 0 Å². The van der Waals surface area contributed by atoms with Crippen LogP contribution in [-0.4, -0.2) is 50.5 Å². The molecule has 0 spiro atoms. The number of nitrogens with zero attached hydrogens (tertiary/aromatic N) is 2. The maximum Gasteiger partial charge on any atom is 0.243 e. The second-order valence-electron chi connectivity index (χ2n) is 11.0. The van der Waals surface area contributed by atoms with Crippen LogP contribution in [0.4, 0.5) is 5.69 Å². The van der Waals surface area contributed by atoms with Crippen LogP contribution in [-0.2, 0) is 32.6 Å². The molecule has 0 aliphatic rings. The van der Waals surface area contributed by atoms with Crippen LogP contribution in [0.1, 0.15) is 60.4 Å². The number of unbranched alkanes of at least 4 members (excludes halogenated alkanes) is 1. The minimum absolute atomic E-state index is 0.107. The molecule has 0 saturated carbocycles. The Bertz CT molecular complexity index is 1440. The molecule has 0 aliphatic carbocycles. The van der Waals surface area contributed by atoms with Crippen molar-refractivity contribution in [2.75, 3.05) is 23.7 Å². The predicted molar refractivity (Wildman–Crippen MR) is 171 cm³/mol. The van der Waals surface area contributed by atoms with Gasteiger partial charge in [0.2, 0.25) is 21.8 Å². The second kappa shape index (κ2) is 15.5. The van der Waals surface area contributed by atoms with E-state index >= 15 is 0 Å². The third-order valence-corrected chi connectivity index (χ3v) is 8.83. The fraction of sp³-hybridized carbons (Fsp3) is 0.412. The number of amides is 2. The molecular weight excluding hydrogens is 546 g/mol. The van der Waals surface area contributed by atoms with E-state index < -0.39 is 16.1 Å². The van der Waals surface area contributed by atoms with E-state index in [-0.39, 0.29) is 31.3 Å². The topological polar surface area (TPSA) is 86.8 Å². The van der Waals surface area contributed by atoms with Gasteiger partial charge in [0.25, 0.3) is 0 Å². The molecule has 2 amide bonds. The lowest BCUT2D eigenvalue weighted by molar-refractivity contribution is -0.141. The van der Waals surface area contributed by atoms with Crippen LogP contribution in [0.25, 0.3) is 0 Å². The summed E-state index contributed by atoms with van der Waals surface area (Å²) in [7, 11) is -3.56. The summed E-state index contributed by atoms with van der Waals surface area (Å²) >= 11 is 0. The fourth-order valence-electron chi connectivity index (χ4n) is 4.92. The quantitative estimate of drug-likeness (QED) is 0.229. The van der Waals surface area contributed by atoms with Crippen LogP contribution in [0, 0.1) is 20.8 Å². The van der Waals surface area contributed by atoms with Gasteiger partial charge >= 0.3 is 0 Å². The molecule has 1 unspecified atom stereocenters. The molecule has 42 heavy (non-hydrogen) atoms. The van der Waals surface area contributed by atoms with Crippen LogP contribution in [0.5, 0.6) is 0 Å². The zero-order valence-electron chi connectivity index (χ0n) is 25.6. The van der Waals surface area contributed by atoms with Gasteiger partial charge in [-0.15, -0.1) is 0 Å². The van der Waals surface area contributed by atoms with Gasteiger partial charge in [-0.2, -0.15) is 0 Å². The molecule has 226 valence electrons. The molecule has 0 aromatic heterocycles. The molecule has 0 heterocycles. The summed E-state index contributed by atoms with van der Waals surface area (Å²) in [5, 5.41) is 3.04. The number of aryl methyl sites for hydroxylation is 3. The summed E-state index contributed by atoms with van der Waals surface area (Å²) in [4.78, 5) is 29.3. The maximum atomic E-state index is 14.0. The Kier molecular flexibility index (Phi) is 12.2. The molecule has 0 fully saturated rings. The highest BCUT2D eigenvalue weighted by molar-refractivity contribution is 7.92. The lowest BCUT2D eigenvalue weighted by Gasteiger charge is -2.32. The van der Waals surface area contributed by atoms with Crippen molar-refractivity contribution < 1.29 is 18.0 Å². The van der Waals surface area contributed by atoms with Gasteiger partial charge in [-0.05, 0) is 73.6 Å². The molecule has 8 heteroatoms. The van der Waals surface area contributed by atoms with E-state index in [1.54, 1.807) is 11.0 Å². The van der Waals surface area contributed by atoms with Crippen molar-refractivity contribution in [3.8, 4) is 0 Å². The molecule has 0 radical (unpaired) electrons. The van der Waals surface area contributed by atoms with Gasteiger partial charge in [0.05, 0.1) is 11.9 Å². The second-order valence-corrected chi connectivity index (χ2v) is 12.9. The average Bonchev–Trinajstić information content (AvgIpc) is 2.95. The first-order chi connectivity index (χ1) is 20.0.